The van der Waals surface area contributed by atoms with Gasteiger partial charge < -0.3 is 5.32 Å². The van der Waals surface area contributed by atoms with E-state index in [1.54, 1.807) is 12.1 Å². The van der Waals surface area contributed by atoms with Crippen molar-refractivity contribution in [2.45, 2.75) is 19.9 Å². The van der Waals surface area contributed by atoms with Gasteiger partial charge >= 0.3 is 0 Å². The number of thiazole rings is 1. The number of nitrogens with zero attached hydrogens (tertiary/aromatic N) is 1. The van der Waals surface area contributed by atoms with Crippen LogP contribution in [0, 0.1) is 3.57 Å². The molecule has 3 rings (SSSR count). The normalized spacial score (nSPS) is 11.7. The fourth-order valence-corrected chi connectivity index (χ4v) is 3.64. The standard InChI is InChI=1S/C20H18IN3O2S/c1-12(22-13(2)25)14-3-5-15(6-4-14)18-11-27-20(23-18)24-19(26)16-7-9-17(21)10-8-16/h3-12H,1-2H3,(H,22,25)(H,23,24,26). The number of amides is 2. The van der Waals surface area contributed by atoms with Gasteiger partial charge in [-0.3, -0.25) is 14.9 Å². The van der Waals surface area contributed by atoms with E-state index < -0.39 is 0 Å². The van der Waals surface area contributed by atoms with Crippen molar-refractivity contribution in [3.05, 3.63) is 68.6 Å². The molecule has 2 amide bonds. The highest BCUT2D eigenvalue weighted by Crippen LogP contribution is 2.26. The molecule has 1 atom stereocenters. The molecule has 2 aromatic carbocycles. The second-order valence-corrected chi connectivity index (χ2v) is 8.15. The second kappa shape index (κ2) is 8.62. The van der Waals surface area contributed by atoms with Gasteiger partial charge in [0.25, 0.3) is 5.91 Å². The third-order valence-corrected chi connectivity index (χ3v) is 5.43. The molecule has 1 unspecified atom stereocenters. The maximum atomic E-state index is 12.3. The van der Waals surface area contributed by atoms with E-state index >= 15 is 0 Å². The van der Waals surface area contributed by atoms with Crippen molar-refractivity contribution in [2.24, 2.45) is 0 Å². The highest BCUT2D eigenvalue weighted by atomic mass is 127. The van der Waals surface area contributed by atoms with Gasteiger partial charge in [-0.15, -0.1) is 11.3 Å². The molecule has 0 spiro atoms. The third-order valence-electron chi connectivity index (χ3n) is 3.96. The molecule has 0 aliphatic carbocycles. The quantitative estimate of drug-likeness (QED) is 0.501. The smallest absolute Gasteiger partial charge is 0.257 e. The fraction of sp³-hybridized carbons (Fsp3) is 0.150. The maximum Gasteiger partial charge on any atom is 0.257 e. The van der Waals surface area contributed by atoms with Gasteiger partial charge in [0.05, 0.1) is 11.7 Å². The summed E-state index contributed by atoms with van der Waals surface area (Å²) in [6.45, 7) is 3.45. The van der Waals surface area contributed by atoms with Gasteiger partial charge in [-0.1, -0.05) is 24.3 Å². The van der Waals surface area contributed by atoms with Crippen molar-refractivity contribution in [1.82, 2.24) is 10.3 Å². The Bertz CT molecular complexity index is 952. The van der Waals surface area contributed by atoms with E-state index in [1.807, 2.05) is 48.7 Å². The van der Waals surface area contributed by atoms with Crippen molar-refractivity contribution in [3.8, 4) is 11.3 Å². The number of hydrogen-bond acceptors (Lipinski definition) is 4. The van der Waals surface area contributed by atoms with Gasteiger partial charge in [0.15, 0.2) is 5.13 Å². The van der Waals surface area contributed by atoms with E-state index in [-0.39, 0.29) is 17.9 Å². The molecular formula is C20H18IN3O2S. The molecule has 2 N–H and O–H groups in total. The molecule has 3 aromatic rings. The van der Waals surface area contributed by atoms with Crippen molar-refractivity contribution in [3.63, 3.8) is 0 Å². The lowest BCUT2D eigenvalue weighted by atomic mass is 10.1. The van der Waals surface area contributed by atoms with Crippen LogP contribution >= 0.6 is 33.9 Å². The second-order valence-electron chi connectivity index (χ2n) is 6.04. The molecule has 138 valence electrons. The summed E-state index contributed by atoms with van der Waals surface area (Å²) in [5, 5.41) is 8.17. The highest BCUT2D eigenvalue weighted by Gasteiger charge is 2.11. The maximum absolute atomic E-state index is 12.3. The monoisotopic (exact) mass is 491 g/mol. The highest BCUT2D eigenvalue weighted by molar-refractivity contribution is 14.1. The first-order valence-electron chi connectivity index (χ1n) is 8.32. The average molecular weight is 491 g/mol. The minimum Gasteiger partial charge on any atom is -0.350 e. The molecule has 1 aromatic heterocycles. The first kappa shape index (κ1) is 19.5. The van der Waals surface area contributed by atoms with Crippen LogP contribution < -0.4 is 10.6 Å². The van der Waals surface area contributed by atoms with E-state index in [2.05, 4.69) is 38.2 Å². The minimum atomic E-state index is -0.174. The Kier molecular flexibility index (Phi) is 6.22. The molecule has 1 heterocycles. The Morgan fingerprint density at radius 3 is 2.37 bits per heavy atom. The van der Waals surface area contributed by atoms with Gasteiger partial charge in [-0.2, -0.15) is 0 Å². The molecule has 0 aliphatic heterocycles. The summed E-state index contributed by atoms with van der Waals surface area (Å²) in [5.41, 5.74) is 3.39. The first-order valence-corrected chi connectivity index (χ1v) is 10.3. The summed E-state index contributed by atoms with van der Waals surface area (Å²) in [6, 6.07) is 15.2. The number of anilines is 1. The van der Waals surface area contributed by atoms with Crippen LogP contribution in [0.25, 0.3) is 11.3 Å². The Morgan fingerprint density at radius 2 is 1.74 bits per heavy atom. The molecule has 0 radical (unpaired) electrons. The summed E-state index contributed by atoms with van der Waals surface area (Å²) in [6.07, 6.45) is 0. The van der Waals surface area contributed by atoms with Crippen molar-refractivity contribution in [1.29, 1.82) is 0 Å². The van der Waals surface area contributed by atoms with Crippen LogP contribution in [0.4, 0.5) is 5.13 Å². The number of halogens is 1. The zero-order chi connectivity index (χ0) is 19.4. The minimum absolute atomic E-state index is 0.0456. The van der Waals surface area contributed by atoms with E-state index in [1.165, 1.54) is 18.3 Å². The third kappa shape index (κ3) is 5.14. The lowest BCUT2D eigenvalue weighted by Crippen LogP contribution is -2.23. The van der Waals surface area contributed by atoms with Crippen LogP contribution in [0.15, 0.2) is 53.9 Å². The predicted octanol–water partition coefficient (Wildman–Crippen LogP) is 4.86. The SMILES string of the molecule is CC(=O)NC(C)c1ccc(-c2csc(NC(=O)c3ccc(I)cc3)n2)cc1. The molecular weight excluding hydrogens is 473 g/mol. The number of aromatic nitrogens is 1. The number of nitrogens with one attached hydrogen (secondary N) is 2. The number of hydrogen-bond donors (Lipinski definition) is 2. The summed E-state index contributed by atoms with van der Waals surface area (Å²) in [5.74, 6) is -0.230. The topological polar surface area (TPSA) is 71.1 Å². The predicted molar refractivity (Wildman–Crippen MR) is 117 cm³/mol. The van der Waals surface area contributed by atoms with Gasteiger partial charge in [0.2, 0.25) is 5.91 Å². The van der Waals surface area contributed by atoms with Crippen LogP contribution in [-0.2, 0) is 4.79 Å². The molecule has 0 fully saturated rings. The van der Waals surface area contributed by atoms with Crippen LogP contribution in [0.2, 0.25) is 0 Å². The lowest BCUT2D eigenvalue weighted by Gasteiger charge is -2.13. The van der Waals surface area contributed by atoms with E-state index in [4.69, 9.17) is 0 Å². The van der Waals surface area contributed by atoms with Crippen molar-refractivity contribution < 1.29 is 9.59 Å². The van der Waals surface area contributed by atoms with Gasteiger partial charge in [0, 0.05) is 27.0 Å². The zero-order valence-corrected chi connectivity index (χ0v) is 17.8. The van der Waals surface area contributed by atoms with Gasteiger partial charge in [-0.05, 0) is 59.3 Å². The number of carbonyl (C=O) groups is 2. The molecule has 27 heavy (non-hydrogen) atoms. The lowest BCUT2D eigenvalue weighted by molar-refractivity contribution is -0.119. The largest absolute Gasteiger partial charge is 0.350 e. The van der Waals surface area contributed by atoms with Gasteiger partial charge in [-0.25, -0.2) is 4.98 Å². The summed E-state index contributed by atoms with van der Waals surface area (Å²) < 4.78 is 1.08. The van der Waals surface area contributed by atoms with E-state index in [9.17, 15) is 9.59 Å². The Labute approximate surface area is 175 Å². The number of benzene rings is 2. The summed E-state index contributed by atoms with van der Waals surface area (Å²) >= 11 is 3.59. The average Bonchev–Trinajstić information content (AvgIpc) is 3.10. The molecule has 0 saturated carbocycles. The van der Waals surface area contributed by atoms with Gasteiger partial charge in [0.1, 0.15) is 0 Å². The molecule has 5 nitrogen and oxygen atoms in total. The Hall–Kier alpha value is -2.26. The summed E-state index contributed by atoms with van der Waals surface area (Å²) in [4.78, 5) is 28.0. The zero-order valence-electron chi connectivity index (χ0n) is 14.8. The van der Waals surface area contributed by atoms with Crippen LogP contribution in [-0.4, -0.2) is 16.8 Å². The number of carbonyl (C=O) groups excluding carboxylic acids is 2. The first-order chi connectivity index (χ1) is 12.9. The molecule has 0 bridgehead atoms. The van der Waals surface area contributed by atoms with Crippen molar-refractivity contribution >= 4 is 50.9 Å². The molecule has 7 heteroatoms. The van der Waals surface area contributed by atoms with Crippen molar-refractivity contribution in [2.75, 3.05) is 5.32 Å². The van der Waals surface area contributed by atoms with Crippen LogP contribution in [0.5, 0.6) is 0 Å². The fourth-order valence-electron chi connectivity index (χ4n) is 2.57. The summed E-state index contributed by atoms with van der Waals surface area (Å²) in [7, 11) is 0. The number of rotatable bonds is 5. The van der Waals surface area contributed by atoms with Crippen LogP contribution in [0.1, 0.15) is 35.8 Å². The van der Waals surface area contributed by atoms with Crippen LogP contribution in [0.3, 0.4) is 0 Å². The molecule has 0 saturated heterocycles. The van der Waals surface area contributed by atoms with E-state index in [0.29, 0.717) is 10.7 Å². The Balaban J connectivity index is 1.69. The molecule has 0 aliphatic rings. The Morgan fingerprint density at radius 1 is 1.07 bits per heavy atom. The van der Waals surface area contributed by atoms with E-state index in [0.717, 1.165) is 20.4 Å².